The second-order valence-corrected chi connectivity index (χ2v) is 12.4. The molecule has 6 atom stereocenters. The van der Waals surface area contributed by atoms with Crippen molar-refractivity contribution in [3.05, 3.63) is 40.1 Å². The Morgan fingerprint density at radius 2 is 1.95 bits per heavy atom. The van der Waals surface area contributed by atoms with Gasteiger partial charge in [0.25, 0.3) is 0 Å². The number of hydrazine groups is 1. The van der Waals surface area contributed by atoms with Crippen LogP contribution >= 0.6 is 0 Å². The molecule has 4 unspecified atom stereocenters. The molecule has 0 radical (unpaired) electrons. The van der Waals surface area contributed by atoms with E-state index >= 15 is 4.39 Å². The minimum Gasteiger partial charge on any atom is -0.376 e. The molecule has 4 fully saturated rings. The van der Waals surface area contributed by atoms with Crippen LogP contribution in [0.15, 0.2) is 23.3 Å². The quantitative estimate of drug-likeness (QED) is 0.518. The first-order valence-electron chi connectivity index (χ1n) is 14.6. The lowest BCUT2D eigenvalue weighted by atomic mass is 9.64. The third-order valence-electron chi connectivity index (χ3n) is 9.60. The van der Waals surface area contributed by atoms with Crippen LogP contribution in [0.1, 0.15) is 62.6 Å². The first-order chi connectivity index (χ1) is 19.1. The van der Waals surface area contributed by atoms with Crippen LogP contribution < -0.4 is 16.5 Å². The van der Waals surface area contributed by atoms with Crippen molar-refractivity contribution in [2.45, 2.75) is 82.7 Å². The van der Waals surface area contributed by atoms with Crippen LogP contribution in [0.4, 0.5) is 17.6 Å². The third kappa shape index (κ3) is 5.45. The predicted octanol–water partition coefficient (Wildman–Crippen LogP) is 3.76. The molecule has 2 aromatic heterocycles. The molecular weight excluding hydrogens is 528 g/mol. The molecule has 6 rings (SSSR count). The fourth-order valence-electron chi connectivity index (χ4n) is 7.53. The monoisotopic (exact) mass is 568 g/mol. The number of pyridine rings is 1. The Balaban J connectivity index is 1.33. The van der Waals surface area contributed by atoms with Crippen LogP contribution in [-0.4, -0.2) is 70.6 Å². The van der Waals surface area contributed by atoms with Crippen molar-refractivity contribution in [1.29, 1.82) is 0 Å². The van der Waals surface area contributed by atoms with Gasteiger partial charge in [0.05, 0.1) is 36.6 Å². The molecule has 0 bridgehead atoms. The van der Waals surface area contributed by atoms with E-state index in [1.807, 2.05) is 18.9 Å². The largest absolute Gasteiger partial charge is 0.418 e. The summed E-state index contributed by atoms with van der Waals surface area (Å²) in [4.78, 5) is 17.9. The van der Waals surface area contributed by atoms with Crippen molar-refractivity contribution in [2.24, 2.45) is 17.8 Å². The second kappa shape index (κ2) is 11.0. The van der Waals surface area contributed by atoms with Crippen molar-refractivity contribution >= 4 is 5.52 Å². The fraction of sp³-hybridized carbons (Fsp3) is 0.750. The van der Waals surface area contributed by atoms with E-state index in [9.17, 15) is 18.0 Å². The van der Waals surface area contributed by atoms with Gasteiger partial charge < -0.3 is 4.74 Å². The Hall–Kier alpha value is -1.99. The topological polar surface area (TPSA) is 66.2 Å². The molecule has 2 saturated heterocycles. The number of halogens is 4. The molecule has 2 saturated carbocycles. The lowest BCUT2D eigenvalue weighted by molar-refractivity contribution is -0.136. The number of imidazole rings is 1. The van der Waals surface area contributed by atoms with Gasteiger partial charge in [-0.15, -0.1) is 0 Å². The minimum absolute atomic E-state index is 0.00460. The van der Waals surface area contributed by atoms with E-state index in [2.05, 4.69) is 15.8 Å². The molecule has 0 amide bonds. The summed E-state index contributed by atoms with van der Waals surface area (Å²) in [5.41, 5.74) is 5.44. The Morgan fingerprint density at radius 3 is 2.60 bits per heavy atom. The van der Waals surface area contributed by atoms with Crippen LogP contribution in [0.2, 0.25) is 0 Å². The van der Waals surface area contributed by atoms with Crippen LogP contribution in [-0.2, 0) is 17.5 Å². The van der Waals surface area contributed by atoms with Gasteiger partial charge in [0.1, 0.15) is 6.17 Å². The molecule has 2 N–H and O–H groups in total. The van der Waals surface area contributed by atoms with Crippen LogP contribution in [0, 0.1) is 17.8 Å². The molecule has 2 aliphatic heterocycles. The molecule has 8 nitrogen and oxygen atoms in total. The van der Waals surface area contributed by atoms with E-state index in [-0.39, 0.29) is 36.0 Å². The van der Waals surface area contributed by atoms with Crippen molar-refractivity contribution in [2.75, 3.05) is 33.4 Å². The number of morpholine rings is 1. The number of nitrogens with one attached hydrogen (secondary N) is 2. The van der Waals surface area contributed by atoms with Gasteiger partial charge in [-0.2, -0.15) is 13.2 Å². The highest BCUT2D eigenvalue weighted by atomic mass is 19.4. The van der Waals surface area contributed by atoms with Crippen LogP contribution in [0.25, 0.3) is 5.52 Å². The number of alkyl halides is 4. The molecule has 40 heavy (non-hydrogen) atoms. The van der Waals surface area contributed by atoms with Crippen molar-refractivity contribution < 1.29 is 22.3 Å². The Kier molecular flexibility index (Phi) is 7.75. The van der Waals surface area contributed by atoms with Crippen molar-refractivity contribution in [3.8, 4) is 0 Å². The van der Waals surface area contributed by atoms with Gasteiger partial charge in [-0.05, 0) is 62.6 Å². The number of fused-ring (bicyclic) bond motifs is 1. The maximum atomic E-state index is 15.3. The summed E-state index contributed by atoms with van der Waals surface area (Å²) in [5.74, 6) is 0.702. The molecule has 2 aromatic rings. The van der Waals surface area contributed by atoms with Gasteiger partial charge in [0.15, 0.2) is 0 Å². The SMILES string of the molecule is C[C@@H]1CN(Cc2cc(C(F)(F)F)c3cn(C4CC(F)CC([C@@H](C5CCC5)C5NNCN5C)C4)c(=O)n3c2)CCO1. The standard InChI is InChI=1S/C28H40F4N6O2/c1-17-12-36(6-7-40-17)13-18-8-23(28(30,31)32)24-15-37(27(39)38(24)14-18)22-10-20(9-21(29)11-22)25(19-4-3-5-19)26-34-33-16-35(26)2/h8,14-15,17,19-22,25-26,33-34H,3-7,9-13,16H2,1-2H3/t17-,20?,21?,22?,25-,26?/m1/s1. The summed E-state index contributed by atoms with van der Waals surface area (Å²) in [6.45, 7) is 4.66. The molecule has 0 spiro atoms. The first kappa shape index (κ1) is 28.1. The third-order valence-corrected chi connectivity index (χ3v) is 9.60. The Bertz CT molecular complexity index is 1260. The Labute approximate surface area is 231 Å². The number of hydrogen-bond donors (Lipinski definition) is 2. The highest BCUT2D eigenvalue weighted by Gasteiger charge is 2.45. The molecule has 4 heterocycles. The van der Waals surface area contributed by atoms with Gasteiger partial charge in [-0.1, -0.05) is 19.3 Å². The van der Waals surface area contributed by atoms with Gasteiger partial charge in [0.2, 0.25) is 0 Å². The van der Waals surface area contributed by atoms with Crippen LogP contribution in [0.5, 0.6) is 0 Å². The number of ether oxygens (including phenoxy) is 1. The number of aromatic nitrogens is 2. The van der Waals surface area contributed by atoms with E-state index in [1.165, 1.54) is 17.0 Å². The number of nitrogens with zero attached hydrogens (tertiary/aromatic N) is 4. The number of rotatable bonds is 6. The first-order valence-corrected chi connectivity index (χ1v) is 14.6. The molecule has 0 aromatic carbocycles. The summed E-state index contributed by atoms with van der Waals surface area (Å²) >= 11 is 0. The lowest BCUT2D eigenvalue weighted by Gasteiger charge is -2.46. The second-order valence-electron chi connectivity index (χ2n) is 12.4. The van der Waals surface area contributed by atoms with Gasteiger partial charge in [0, 0.05) is 38.1 Å². The van der Waals surface area contributed by atoms with E-state index in [0.29, 0.717) is 57.2 Å². The molecular formula is C28H40F4N6O2. The summed E-state index contributed by atoms with van der Waals surface area (Å²) in [6.07, 6.45) is 1.65. The fourth-order valence-corrected chi connectivity index (χ4v) is 7.53. The summed E-state index contributed by atoms with van der Waals surface area (Å²) in [7, 11) is 2.04. The molecule has 222 valence electrons. The zero-order valence-corrected chi connectivity index (χ0v) is 23.2. The van der Waals surface area contributed by atoms with Gasteiger partial charge in [-0.3, -0.25) is 18.8 Å². The maximum Gasteiger partial charge on any atom is 0.418 e. The maximum absolute atomic E-state index is 15.3. The average molecular weight is 569 g/mol. The zero-order chi connectivity index (χ0) is 28.2. The average Bonchev–Trinajstić information content (AvgIpc) is 3.42. The molecule has 12 heteroatoms. The van der Waals surface area contributed by atoms with Crippen molar-refractivity contribution in [1.82, 2.24) is 29.6 Å². The summed E-state index contributed by atoms with van der Waals surface area (Å²) in [5, 5.41) is 0. The van der Waals surface area contributed by atoms with E-state index < -0.39 is 29.6 Å². The minimum atomic E-state index is -4.63. The predicted molar refractivity (Wildman–Crippen MR) is 142 cm³/mol. The number of hydrogen-bond acceptors (Lipinski definition) is 6. The smallest absolute Gasteiger partial charge is 0.376 e. The Morgan fingerprint density at radius 1 is 1.15 bits per heavy atom. The normalized spacial score (nSPS) is 32.0. The lowest BCUT2D eigenvalue weighted by Crippen LogP contribution is -2.51. The highest BCUT2D eigenvalue weighted by Crippen LogP contribution is 2.47. The van der Waals surface area contributed by atoms with Gasteiger partial charge >= 0.3 is 11.9 Å². The summed E-state index contributed by atoms with van der Waals surface area (Å²) in [6, 6.07) is 0.662. The highest BCUT2D eigenvalue weighted by molar-refractivity contribution is 5.56. The molecule has 2 aliphatic carbocycles. The molecule has 4 aliphatic rings. The van der Waals surface area contributed by atoms with E-state index in [0.717, 1.165) is 29.7 Å². The van der Waals surface area contributed by atoms with Crippen LogP contribution in [0.3, 0.4) is 0 Å². The van der Waals surface area contributed by atoms with E-state index in [4.69, 9.17) is 4.74 Å². The zero-order valence-electron chi connectivity index (χ0n) is 23.2. The van der Waals surface area contributed by atoms with Crippen molar-refractivity contribution in [3.63, 3.8) is 0 Å². The van der Waals surface area contributed by atoms with E-state index in [1.54, 1.807) is 0 Å². The summed E-state index contributed by atoms with van der Waals surface area (Å²) < 4.78 is 66.2. The van der Waals surface area contributed by atoms with Gasteiger partial charge in [-0.25, -0.2) is 20.0 Å².